The largest absolute Gasteiger partial charge is 0.343 e. The summed E-state index contributed by atoms with van der Waals surface area (Å²) < 4.78 is 0. The molecule has 0 aliphatic carbocycles. The molecule has 2 aromatic rings. The molecule has 0 radical (unpaired) electrons. The summed E-state index contributed by atoms with van der Waals surface area (Å²) in [6, 6.07) is 4.10. The first-order chi connectivity index (χ1) is 6.54. The van der Waals surface area contributed by atoms with E-state index in [1.54, 1.807) is 6.33 Å². The molecule has 0 atom stereocenters. The van der Waals surface area contributed by atoms with Crippen LogP contribution < -0.4 is 0 Å². The summed E-state index contributed by atoms with van der Waals surface area (Å²) in [6.45, 7) is 6.64. The molecule has 74 valence electrons. The number of nitrogens with one attached hydrogen (secondary N) is 1. The Morgan fingerprint density at radius 3 is 2.79 bits per heavy atom. The molecule has 2 heterocycles. The van der Waals surface area contributed by atoms with E-state index in [0.29, 0.717) is 0 Å². The van der Waals surface area contributed by atoms with Crippen LogP contribution in [0.3, 0.4) is 0 Å². The molecule has 14 heavy (non-hydrogen) atoms. The molecule has 0 saturated heterocycles. The maximum atomic E-state index is 4.48. The molecule has 0 aliphatic rings. The zero-order valence-electron chi connectivity index (χ0n) is 8.83. The minimum absolute atomic E-state index is 0.275. The Labute approximate surface area is 83.6 Å². The van der Waals surface area contributed by atoms with Crippen molar-refractivity contribution >= 4 is 11.2 Å². The quantitative estimate of drug-likeness (QED) is 0.749. The Bertz CT molecular complexity index is 437. The van der Waals surface area contributed by atoms with Gasteiger partial charge in [-0.25, -0.2) is 9.97 Å². The summed E-state index contributed by atoms with van der Waals surface area (Å²) in [5.74, 6) is 0. The number of rotatable bonds is 1. The third-order valence-corrected chi connectivity index (χ3v) is 2.05. The molecule has 2 aromatic heterocycles. The van der Waals surface area contributed by atoms with E-state index in [4.69, 9.17) is 0 Å². The van der Waals surface area contributed by atoms with Gasteiger partial charge in [0.25, 0.3) is 0 Å². The highest BCUT2D eigenvalue weighted by Gasteiger charge is 2.12. The highest BCUT2D eigenvalue weighted by molar-refractivity contribution is 5.69. The van der Waals surface area contributed by atoms with E-state index in [1.165, 1.54) is 0 Å². The molecule has 1 N–H and O–H groups in total. The highest BCUT2D eigenvalue weighted by atomic mass is 14.9. The predicted molar refractivity (Wildman–Crippen MR) is 57.0 cm³/mol. The third-order valence-electron chi connectivity index (χ3n) is 2.05. The normalized spacial score (nSPS) is 12.2. The molecule has 0 aromatic carbocycles. The molecule has 3 heteroatoms. The predicted octanol–water partition coefficient (Wildman–Crippen LogP) is 2.55. The molecule has 0 aliphatic heterocycles. The van der Waals surface area contributed by atoms with Gasteiger partial charge >= 0.3 is 0 Å². The van der Waals surface area contributed by atoms with Gasteiger partial charge in [-0.2, -0.15) is 0 Å². The standard InChI is InChI=1S/C11H15N3/c1-11(2,3)6-8-4-5-9-10(14-8)13-7-12-9/h4-5,7H,6H2,1-3H3,(H,12,13,14). The molecule has 0 spiro atoms. The molecule has 0 amide bonds. The van der Waals surface area contributed by atoms with Gasteiger partial charge in [0.15, 0.2) is 5.65 Å². The first-order valence-corrected chi connectivity index (χ1v) is 4.84. The van der Waals surface area contributed by atoms with E-state index >= 15 is 0 Å². The van der Waals surface area contributed by atoms with Crippen LogP contribution in [0.4, 0.5) is 0 Å². The maximum absolute atomic E-state index is 4.48. The Balaban J connectivity index is 2.35. The van der Waals surface area contributed by atoms with Crippen LogP contribution >= 0.6 is 0 Å². The van der Waals surface area contributed by atoms with E-state index in [0.717, 1.165) is 23.3 Å². The van der Waals surface area contributed by atoms with Crippen LogP contribution in [0.2, 0.25) is 0 Å². The number of nitrogens with zero attached hydrogens (tertiary/aromatic N) is 2. The van der Waals surface area contributed by atoms with Gasteiger partial charge in [0, 0.05) is 5.69 Å². The van der Waals surface area contributed by atoms with Crippen molar-refractivity contribution in [3.63, 3.8) is 0 Å². The second kappa shape index (κ2) is 3.08. The number of hydrogen-bond acceptors (Lipinski definition) is 2. The molecule has 0 saturated carbocycles. The topological polar surface area (TPSA) is 41.6 Å². The van der Waals surface area contributed by atoms with Crippen molar-refractivity contribution in [2.24, 2.45) is 5.41 Å². The van der Waals surface area contributed by atoms with Crippen LogP contribution in [0, 0.1) is 5.41 Å². The van der Waals surface area contributed by atoms with Crippen molar-refractivity contribution in [2.45, 2.75) is 27.2 Å². The molecule has 0 unspecified atom stereocenters. The van der Waals surface area contributed by atoms with Crippen LogP contribution in [-0.4, -0.2) is 15.0 Å². The number of aromatic nitrogens is 3. The summed E-state index contributed by atoms with van der Waals surface area (Å²) in [4.78, 5) is 11.7. The lowest BCUT2D eigenvalue weighted by atomic mass is 9.90. The van der Waals surface area contributed by atoms with Gasteiger partial charge in [-0.05, 0) is 24.0 Å². The SMILES string of the molecule is CC(C)(C)Cc1ccc2[nH]cnc2n1. The smallest absolute Gasteiger partial charge is 0.177 e. The molecule has 2 rings (SSSR count). The number of H-pyrrole nitrogens is 1. The molecule has 0 bridgehead atoms. The fourth-order valence-corrected chi connectivity index (χ4v) is 1.50. The molecule has 3 nitrogen and oxygen atoms in total. The van der Waals surface area contributed by atoms with Gasteiger partial charge in [0.2, 0.25) is 0 Å². The van der Waals surface area contributed by atoms with Crippen molar-refractivity contribution in [3.05, 3.63) is 24.2 Å². The van der Waals surface area contributed by atoms with Gasteiger partial charge in [-0.3, -0.25) is 0 Å². The van der Waals surface area contributed by atoms with E-state index in [1.807, 2.05) is 6.07 Å². The second-order valence-corrected chi connectivity index (χ2v) is 4.81. The Kier molecular flexibility index (Phi) is 2.02. The number of pyridine rings is 1. The first-order valence-electron chi connectivity index (χ1n) is 4.84. The zero-order valence-corrected chi connectivity index (χ0v) is 8.83. The lowest BCUT2D eigenvalue weighted by molar-refractivity contribution is 0.407. The minimum Gasteiger partial charge on any atom is -0.343 e. The van der Waals surface area contributed by atoms with Crippen molar-refractivity contribution in [2.75, 3.05) is 0 Å². The van der Waals surface area contributed by atoms with E-state index in [-0.39, 0.29) is 5.41 Å². The van der Waals surface area contributed by atoms with Gasteiger partial charge in [0.1, 0.15) is 0 Å². The van der Waals surface area contributed by atoms with E-state index < -0.39 is 0 Å². The number of fused-ring (bicyclic) bond motifs is 1. The number of aromatic amines is 1. The van der Waals surface area contributed by atoms with Crippen LogP contribution in [-0.2, 0) is 6.42 Å². The fraction of sp³-hybridized carbons (Fsp3) is 0.455. The molecular formula is C11H15N3. The highest BCUT2D eigenvalue weighted by Crippen LogP contribution is 2.20. The van der Waals surface area contributed by atoms with Crippen LogP contribution in [0.1, 0.15) is 26.5 Å². The van der Waals surface area contributed by atoms with Gasteiger partial charge in [-0.15, -0.1) is 0 Å². The van der Waals surface area contributed by atoms with Gasteiger partial charge < -0.3 is 4.98 Å². The van der Waals surface area contributed by atoms with Crippen molar-refractivity contribution < 1.29 is 0 Å². The van der Waals surface area contributed by atoms with Crippen LogP contribution in [0.15, 0.2) is 18.5 Å². The second-order valence-electron chi connectivity index (χ2n) is 4.81. The van der Waals surface area contributed by atoms with E-state index in [2.05, 4.69) is 41.8 Å². The number of hydrogen-bond donors (Lipinski definition) is 1. The lowest BCUT2D eigenvalue weighted by Crippen LogP contribution is -2.10. The van der Waals surface area contributed by atoms with Gasteiger partial charge in [-0.1, -0.05) is 20.8 Å². The average molecular weight is 189 g/mol. The molecular weight excluding hydrogens is 174 g/mol. The monoisotopic (exact) mass is 189 g/mol. The third kappa shape index (κ3) is 1.92. The van der Waals surface area contributed by atoms with Crippen molar-refractivity contribution in [1.29, 1.82) is 0 Å². The fourth-order valence-electron chi connectivity index (χ4n) is 1.50. The summed E-state index contributed by atoms with van der Waals surface area (Å²) >= 11 is 0. The van der Waals surface area contributed by atoms with Gasteiger partial charge in [0.05, 0.1) is 11.8 Å². The van der Waals surface area contributed by atoms with E-state index in [9.17, 15) is 0 Å². The zero-order chi connectivity index (χ0) is 10.2. The Morgan fingerprint density at radius 2 is 2.07 bits per heavy atom. The molecule has 0 fully saturated rings. The summed E-state index contributed by atoms with van der Waals surface area (Å²) in [5.41, 5.74) is 3.20. The van der Waals surface area contributed by atoms with Crippen LogP contribution in [0.5, 0.6) is 0 Å². The minimum atomic E-state index is 0.275. The van der Waals surface area contributed by atoms with Crippen molar-refractivity contribution in [3.8, 4) is 0 Å². The Morgan fingerprint density at radius 1 is 1.29 bits per heavy atom. The lowest BCUT2D eigenvalue weighted by Gasteiger charge is -2.16. The average Bonchev–Trinajstić information content (AvgIpc) is 2.47. The first kappa shape index (κ1) is 9.19. The number of imidazole rings is 1. The summed E-state index contributed by atoms with van der Waals surface area (Å²) in [7, 11) is 0. The maximum Gasteiger partial charge on any atom is 0.177 e. The summed E-state index contributed by atoms with van der Waals surface area (Å²) in [5, 5.41) is 0. The van der Waals surface area contributed by atoms with Crippen LogP contribution in [0.25, 0.3) is 11.2 Å². The Hall–Kier alpha value is -1.38. The van der Waals surface area contributed by atoms with Crippen molar-refractivity contribution in [1.82, 2.24) is 15.0 Å². The summed E-state index contributed by atoms with van der Waals surface area (Å²) in [6.07, 6.45) is 2.66.